The van der Waals surface area contributed by atoms with E-state index >= 15 is 0 Å². The van der Waals surface area contributed by atoms with Crippen LogP contribution in [0.4, 0.5) is 0 Å². The highest BCUT2D eigenvalue weighted by atomic mass is 79.9. The van der Waals surface area contributed by atoms with E-state index in [0.717, 1.165) is 15.6 Å². The van der Waals surface area contributed by atoms with Crippen molar-refractivity contribution in [3.63, 3.8) is 0 Å². The molecule has 0 fully saturated rings. The van der Waals surface area contributed by atoms with Crippen molar-refractivity contribution >= 4 is 27.5 Å². The molecule has 0 radical (unpaired) electrons. The largest absolute Gasteiger partial charge is 0.331 e. The second-order valence-corrected chi connectivity index (χ2v) is 7.97. The fourth-order valence-electron chi connectivity index (χ4n) is 3.02. The summed E-state index contributed by atoms with van der Waals surface area (Å²) in [5, 5.41) is 0.607. The van der Waals surface area contributed by atoms with Gasteiger partial charge in [-0.15, -0.1) is 0 Å². The van der Waals surface area contributed by atoms with Crippen molar-refractivity contribution in [1.29, 1.82) is 0 Å². The van der Waals surface area contributed by atoms with Crippen LogP contribution >= 0.6 is 27.5 Å². The van der Waals surface area contributed by atoms with Crippen molar-refractivity contribution in [3.8, 4) is 11.3 Å². The van der Waals surface area contributed by atoms with Crippen LogP contribution in [0.25, 0.3) is 11.3 Å². The van der Waals surface area contributed by atoms with E-state index < -0.39 is 5.54 Å². The summed E-state index contributed by atoms with van der Waals surface area (Å²) in [4.78, 5) is 25.9. The van der Waals surface area contributed by atoms with Gasteiger partial charge in [0.1, 0.15) is 0 Å². The fourth-order valence-corrected chi connectivity index (χ4v) is 3.42. The van der Waals surface area contributed by atoms with Gasteiger partial charge in [-0.25, -0.2) is 4.79 Å². The maximum absolute atomic E-state index is 13.0. The lowest BCUT2D eigenvalue weighted by Gasteiger charge is -2.28. The van der Waals surface area contributed by atoms with Crippen LogP contribution in [0.2, 0.25) is 5.02 Å². The monoisotopic (exact) mass is 432 g/mol. The van der Waals surface area contributed by atoms with Crippen molar-refractivity contribution in [2.24, 2.45) is 7.05 Å². The summed E-state index contributed by atoms with van der Waals surface area (Å²) in [6.07, 6.45) is 0. The Labute approximate surface area is 164 Å². The summed E-state index contributed by atoms with van der Waals surface area (Å²) >= 11 is 9.35. The lowest BCUT2D eigenvalue weighted by molar-refractivity contribution is 0.393. The molecule has 0 aliphatic carbocycles. The lowest BCUT2D eigenvalue weighted by Crippen LogP contribution is -2.49. The Morgan fingerprint density at radius 1 is 0.962 bits per heavy atom. The van der Waals surface area contributed by atoms with Crippen LogP contribution in [-0.2, 0) is 12.6 Å². The van der Waals surface area contributed by atoms with E-state index in [1.165, 1.54) is 15.2 Å². The zero-order valence-electron chi connectivity index (χ0n) is 14.7. The maximum atomic E-state index is 13.0. The number of hydrogen-bond acceptors (Lipinski definition) is 2. The molecular formula is C20H18BrClN2O2. The van der Waals surface area contributed by atoms with Crippen LogP contribution in [0.1, 0.15) is 19.4 Å². The summed E-state index contributed by atoms with van der Waals surface area (Å²) in [6.45, 7) is 3.69. The predicted molar refractivity (Wildman–Crippen MR) is 109 cm³/mol. The molecule has 2 aromatic carbocycles. The van der Waals surface area contributed by atoms with Gasteiger partial charge in [0, 0.05) is 22.6 Å². The molecule has 0 bridgehead atoms. The summed E-state index contributed by atoms with van der Waals surface area (Å²) < 4.78 is 3.71. The molecular weight excluding hydrogens is 416 g/mol. The fraction of sp³-hybridized carbons (Fsp3) is 0.200. The van der Waals surface area contributed by atoms with Crippen molar-refractivity contribution in [2.45, 2.75) is 19.4 Å². The number of benzene rings is 2. The first-order chi connectivity index (χ1) is 12.2. The molecule has 3 aromatic rings. The van der Waals surface area contributed by atoms with E-state index in [2.05, 4.69) is 15.9 Å². The Kier molecular flexibility index (Phi) is 4.95. The van der Waals surface area contributed by atoms with Gasteiger partial charge >= 0.3 is 5.69 Å². The van der Waals surface area contributed by atoms with E-state index in [-0.39, 0.29) is 11.2 Å². The highest BCUT2D eigenvalue weighted by Crippen LogP contribution is 2.25. The van der Waals surface area contributed by atoms with E-state index in [0.29, 0.717) is 10.7 Å². The van der Waals surface area contributed by atoms with Gasteiger partial charge in [0.2, 0.25) is 0 Å². The minimum Gasteiger partial charge on any atom is -0.296 e. The molecule has 1 heterocycles. The molecule has 26 heavy (non-hydrogen) atoms. The average molecular weight is 434 g/mol. The molecule has 0 unspecified atom stereocenters. The van der Waals surface area contributed by atoms with Crippen molar-refractivity contribution < 1.29 is 0 Å². The minimum absolute atomic E-state index is 0.342. The Balaban J connectivity index is 2.20. The van der Waals surface area contributed by atoms with E-state index in [1.807, 2.05) is 50.2 Å². The number of halogens is 2. The maximum Gasteiger partial charge on any atom is 0.331 e. The third-order valence-corrected chi connectivity index (χ3v) is 5.35. The van der Waals surface area contributed by atoms with E-state index in [9.17, 15) is 9.59 Å². The van der Waals surface area contributed by atoms with Crippen LogP contribution < -0.4 is 11.2 Å². The van der Waals surface area contributed by atoms with Gasteiger partial charge in [-0.1, -0.05) is 51.8 Å². The molecule has 134 valence electrons. The number of rotatable bonds is 3. The van der Waals surface area contributed by atoms with Crippen LogP contribution in [0.5, 0.6) is 0 Å². The molecule has 0 saturated heterocycles. The zero-order valence-corrected chi connectivity index (χ0v) is 17.0. The van der Waals surface area contributed by atoms with Gasteiger partial charge in [-0.3, -0.25) is 13.9 Å². The molecule has 4 nitrogen and oxygen atoms in total. The van der Waals surface area contributed by atoms with Crippen molar-refractivity contribution in [1.82, 2.24) is 9.13 Å². The summed E-state index contributed by atoms with van der Waals surface area (Å²) in [5.74, 6) is 0. The molecule has 6 heteroatoms. The molecule has 0 aliphatic rings. The molecule has 0 saturated carbocycles. The first-order valence-corrected chi connectivity index (χ1v) is 9.24. The Hall–Kier alpha value is -2.11. The first kappa shape index (κ1) is 18.7. The summed E-state index contributed by atoms with van der Waals surface area (Å²) in [7, 11) is 1.67. The molecule has 0 aliphatic heterocycles. The van der Waals surface area contributed by atoms with Gasteiger partial charge in [0.05, 0.1) is 11.2 Å². The minimum atomic E-state index is -0.811. The number of hydrogen-bond donors (Lipinski definition) is 0. The smallest absolute Gasteiger partial charge is 0.296 e. The quantitative estimate of drug-likeness (QED) is 0.614. The Bertz CT molecular complexity index is 1060. The Morgan fingerprint density at radius 3 is 2.12 bits per heavy atom. The highest BCUT2D eigenvalue weighted by Gasteiger charge is 2.27. The van der Waals surface area contributed by atoms with Gasteiger partial charge in [-0.05, 0) is 49.2 Å². The third kappa shape index (κ3) is 3.29. The number of aromatic nitrogens is 2. The molecule has 1 aromatic heterocycles. The molecule has 0 atom stereocenters. The van der Waals surface area contributed by atoms with Gasteiger partial charge < -0.3 is 0 Å². The summed E-state index contributed by atoms with van der Waals surface area (Å²) in [6, 6.07) is 16.2. The van der Waals surface area contributed by atoms with E-state index in [1.54, 1.807) is 19.2 Å². The average Bonchev–Trinajstić information content (AvgIpc) is 2.59. The van der Waals surface area contributed by atoms with Crippen LogP contribution in [0, 0.1) is 0 Å². The highest BCUT2D eigenvalue weighted by molar-refractivity contribution is 9.10. The zero-order chi connectivity index (χ0) is 19.1. The summed E-state index contributed by atoms with van der Waals surface area (Å²) in [5.41, 5.74) is 0.699. The SMILES string of the molecule is Cn1c(-c2ccc(Br)cc2)cc(=O)n(C(C)(C)c2ccc(Cl)cc2)c1=O. The second kappa shape index (κ2) is 6.89. The van der Waals surface area contributed by atoms with Crippen LogP contribution in [0.3, 0.4) is 0 Å². The molecule has 3 rings (SSSR count). The second-order valence-electron chi connectivity index (χ2n) is 6.62. The van der Waals surface area contributed by atoms with Crippen LogP contribution in [-0.4, -0.2) is 9.13 Å². The first-order valence-electron chi connectivity index (χ1n) is 8.07. The standard InChI is InChI=1S/C20H18BrClN2O2/c1-20(2,14-6-10-16(22)11-7-14)24-18(25)12-17(23(3)19(24)26)13-4-8-15(21)9-5-13/h4-12H,1-3H3. The van der Waals surface area contributed by atoms with Gasteiger partial charge in [0.15, 0.2) is 0 Å². The van der Waals surface area contributed by atoms with Crippen molar-refractivity contribution in [2.75, 3.05) is 0 Å². The number of nitrogens with zero attached hydrogens (tertiary/aromatic N) is 2. The normalized spacial score (nSPS) is 11.6. The van der Waals surface area contributed by atoms with Gasteiger partial charge in [-0.2, -0.15) is 0 Å². The van der Waals surface area contributed by atoms with E-state index in [4.69, 9.17) is 11.6 Å². The topological polar surface area (TPSA) is 44.0 Å². The third-order valence-electron chi connectivity index (χ3n) is 4.57. The molecule has 0 spiro atoms. The van der Waals surface area contributed by atoms with Crippen LogP contribution in [0.15, 0.2) is 68.7 Å². The Morgan fingerprint density at radius 2 is 1.54 bits per heavy atom. The predicted octanol–water partition coefficient (Wildman–Crippen LogP) is 4.41. The van der Waals surface area contributed by atoms with Crippen molar-refractivity contribution in [3.05, 3.63) is 90.5 Å². The molecule has 0 amide bonds. The molecule has 0 N–H and O–H groups in total. The van der Waals surface area contributed by atoms with Gasteiger partial charge in [0.25, 0.3) is 5.56 Å². The lowest BCUT2D eigenvalue weighted by atomic mass is 9.94.